The Labute approximate surface area is 182 Å². The Morgan fingerprint density at radius 2 is 1.87 bits per heavy atom. The number of benzene rings is 1. The van der Waals surface area contributed by atoms with E-state index in [0.29, 0.717) is 5.92 Å². The zero-order valence-corrected chi connectivity index (χ0v) is 19.0. The van der Waals surface area contributed by atoms with E-state index in [4.69, 9.17) is 14.5 Å². The smallest absolute Gasteiger partial charge is 0.194 e. The van der Waals surface area contributed by atoms with Gasteiger partial charge >= 0.3 is 0 Å². The molecule has 2 heterocycles. The quantitative estimate of drug-likeness (QED) is 0.517. The second kappa shape index (κ2) is 12.0. The number of guanidine groups is 1. The van der Waals surface area contributed by atoms with Gasteiger partial charge in [-0.2, -0.15) is 0 Å². The fraction of sp³-hybridized carbons (Fsp3) is 0.696. The van der Waals surface area contributed by atoms with Gasteiger partial charge in [0.15, 0.2) is 5.96 Å². The van der Waals surface area contributed by atoms with Crippen LogP contribution >= 0.6 is 0 Å². The van der Waals surface area contributed by atoms with Crippen LogP contribution in [0, 0.1) is 5.92 Å². The molecule has 0 saturated carbocycles. The molecule has 1 aromatic rings. The highest BCUT2D eigenvalue weighted by atomic mass is 16.5. The Morgan fingerprint density at radius 3 is 2.53 bits per heavy atom. The molecule has 0 aromatic heterocycles. The number of nitrogens with zero attached hydrogens (tertiary/aromatic N) is 4. The molecule has 2 fully saturated rings. The third kappa shape index (κ3) is 6.51. The van der Waals surface area contributed by atoms with Crippen LogP contribution in [-0.2, 0) is 4.74 Å². The largest absolute Gasteiger partial charge is 0.497 e. The number of likely N-dealkylation sites (tertiary alicyclic amines) is 1. The van der Waals surface area contributed by atoms with E-state index in [1.165, 1.54) is 31.6 Å². The lowest BCUT2D eigenvalue weighted by atomic mass is 9.97. The predicted molar refractivity (Wildman–Crippen MR) is 124 cm³/mol. The zero-order chi connectivity index (χ0) is 21.2. The van der Waals surface area contributed by atoms with Crippen LogP contribution in [0.4, 0.5) is 5.69 Å². The molecule has 0 atom stereocenters. The van der Waals surface area contributed by atoms with Crippen molar-refractivity contribution in [3.63, 3.8) is 0 Å². The van der Waals surface area contributed by atoms with Crippen molar-refractivity contribution in [1.29, 1.82) is 0 Å². The van der Waals surface area contributed by atoms with Gasteiger partial charge < -0.3 is 29.5 Å². The lowest BCUT2D eigenvalue weighted by Crippen LogP contribution is -2.52. The van der Waals surface area contributed by atoms with Crippen molar-refractivity contribution in [1.82, 2.24) is 15.1 Å². The highest BCUT2D eigenvalue weighted by Crippen LogP contribution is 2.22. The molecule has 168 valence electrons. The Bertz CT molecular complexity index is 653. The van der Waals surface area contributed by atoms with E-state index < -0.39 is 0 Å². The maximum Gasteiger partial charge on any atom is 0.194 e. The van der Waals surface area contributed by atoms with Gasteiger partial charge in [0, 0.05) is 64.7 Å². The summed E-state index contributed by atoms with van der Waals surface area (Å²) in [5.41, 5.74) is 1.23. The lowest BCUT2D eigenvalue weighted by molar-refractivity contribution is 0.121. The normalized spacial score (nSPS) is 19.2. The maximum absolute atomic E-state index is 5.38. The molecule has 7 heteroatoms. The van der Waals surface area contributed by atoms with Gasteiger partial charge in [0.25, 0.3) is 0 Å². The number of rotatable bonds is 8. The molecule has 0 bridgehead atoms. The van der Waals surface area contributed by atoms with Crippen molar-refractivity contribution >= 4 is 11.6 Å². The molecule has 0 radical (unpaired) electrons. The third-order valence-electron chi connectivity index (χ3n) is 6.15. The van der Waals surface area contributed by atoms with Gasteiger partial charge in [-0.3, -0.25) is 4.99 Å². The maximum atomic E-state index is 5.38. The first-order valence-corrected chi connectivity index (χ1v) is 11.4. The monoisotopic (exact) mass is 417 g/mol. The average Bonchev–Trinajstić information content (AvgIpc) is 2.81. The minimum atomic E-state index is 0.690. The van der Waals surface area contributed by atoms with Crippen molar-refractivity contribution in [2.75, 3.05) is 84.6 Å². The minimum absolute atomic E-state index is 0.690. The van der Waals surface area contributed by atoms with Crippen molar-refractivity contribution in [3.8, 4) is 5.75 Å². The number of nitrogens with one attached hydrogen (secondary N) is 1. The first kappa shape index (κ1) is 22.7. The van der Waals surface area contributed by atoms with Crippen molar-refractivity contribution in [2.24, 2.45) is 10.9 Å². The molecule has 0 aliphatic carbocycles. The van der Waals surface area contributed by atoms with Crippen molar-refractivity contribution in [3.05, 3.63) is 24.3 Å². The van der Waals surface area contributed by atoms with E-state index >= 15 is 0 Å². The predicted octanol–water partition coefficient (Wildman–Crippen LogP) is 2.14. The standard InChI is InChI=1S/C23H39N5O2/c1-4-24-23(25-19-20-8-10-26(11-9-20)16-17-29-2)28-14-12-27(13-15-28)21-6-5-7-22(18-21)30-3/h5-7,18,20H,4,8-17,19H2,1-3H3,(H,24,25). The molecule has 2 aliphatic heterocycles. The molecule has 2 saturated heterocycles. The molecule has 7 nitrogen and oxygen atoms in total. The van der Waals surface area contributed by atoms with Gasteiger partial charge in [-0.05, 0) is 50.9 Å². The van der Waals surface area contributed by atoms with E-state index in [9.17, 15) is 0 Å². The highest BCUT2D eigenvalue weighted by Gasteiger charge is 2.22. The Kier molecular flexibility index (Phi) is 9.08. The van der Waals surface area contributed by atoms with Crippen molar-refractivity contribution < 1.29 is 9.47 Å². The number of hydrogen-bond donors (Lipinski definition) is 1. The average molecular weight is 418 g/mol. The summed E-state index contributed by atoms with van der Waals surface area (Å²) in [5, 5.41) is 3.51. The van der Waals surface area contributed by atoms with Gasteiger partial charge in [0.05, 0.1) is 13.7 Å². The van der Waals surface area contributed by atoms with Crippen LogP contribution in [0.2, 0.25) is 0 Å². The first-order valence-electron chi connectivity index (χ1n) is 11.4. The summed E-state index contributed by atoms with van der Waals surface area (Å²) in [6.07, 6.45) is 2.46. The Morgan fingerprint density at radius 1 is 1.10 bits per heavy atom. The SMILES string of the molecule is CCNC(=NCC1CCN(CCOC)CC1)N1CCN(c2cccc(OC)c2)CC1. The van der Waals surface area contributed by atoms with Crippen LogP contribution in [0.1, 0.15) is 19.8 Å². The van der Waals surface area contributed by atoms with Gasteiger partial charge in [-0.15, -0.1) is 0 Å². The summed E-state index contributed by atoms with van der Waals surface area (Å²) in [6.45, 7) is 12.2. The number of hydrogen-bond acceptors (Lipinski definition) is 5. The number of anilines is 1. The van der Waals surface area contributed by atoms with Crippen LogP contribution in [0.3, 0.4) is 0 Å². The van der Waals surface area contributed by atoms with Crippen LogP contribution < -0.4 is 15.0 Å². The van der Waals surface area contributed by atoms with Gasteiger partial charge in [0.2, 0.25) is 0 Å². The number of ether oxygens (including phenoxy) is 2. The van der Waals surface area contributed by atoms with E-state index in [2.05, 4.69) is 45.1 Å². The zero-order valence-electron chi connectivity index (χ0n) is 19.0. The fourth-order valence-electron chi connectivity index (χ4n) is 4.24. The van der Waals surface area contributed by atoms with Gasteiger partial charge in [0.1, 0.15) is 5.75 Å². The molecule has 1 aromatic carbocycles. The summed E-state index contributed by atoms with van der Waals surface area (Å²) < 4.78 is 10.6. The molecule has 3 rings (SSSR count). The Balaban J connectivity index is 1.49. The Hall–Kier alpha value is -1.99. The number of piperazine rings is 1. The van der Waals surface area contributed by atoms with Crippen molar-refractivity contribution in [2.45, 2.75) is 19.8 Å². The lowest BCUT2D eigenvalue weighted by Gasteiger charge is -2.38. The summed E-state index contributed by atoms with van der Waals surface area (Å²) in [5.74, 6) is 2.68. The van der Waals surface area contributed by atoms with Crippen LogP contribution in [0.5, 0.6) is 5.75 Å². The summed E-state index contributed by atoms with van der Waals surface area (Å²) >= 11 is 0. The third-order valence-corrected chi connectivity index (χ3v) is 6.15. The summed E-state index contributed by atoms with van der Waals surface area (Å²) in [4.78, 5) is 12.4. The molecule has 0 spiro atoms. The van der Waals surface area contributed by atoms with Crippen LogP contribution in [0.25, 0.3) is 0 Å². The minimum Gasteiger partial charge on any atom is -0.497 e. The molecule has 30 heavy (non-hydrogen) atoms. The molecular formula is C23H39N5O2. The van der Waals surface area contributed by atoms with E-state index in [-0.39, 0.29) is 0 Å². The number of aliphatic imine (C=N–C) groups is 1. The molecule has 2 aliphatic rings. The fourth-order valence-corrected chi connectivity index (χ4v) is 4.24. The first-order chi connectivity index (χ1) is 14.7. The molecular weight excluding hydrogens is 378 g/mol. The van der Waals surface area contributed by atoms with Gasteiger partial charge in [-0.25, -0.2) is 0 Å². The summed E-state index contributed by atoms with van der Waals surface area (Å²) in [6, 6.07) is 8.34. The van der Waals surface area contributed by atoms with E-state index in [1.807, 2.05) is 6.07 Å². The van der Waals surface area contributed by atoms with Gasteiger partial charge in [-0.1, -0.05) is 6.07 Å². The highest BCUT2D eigenvalue weighted by molar-refractivity contribution is 5.80. The second-order valence-corrected chi connectivity index (χ2v) is 8.15. The van der Waals surface area contributed by atoms with E-state index in [0.717, 1.165) is 64.1 Å². The molecule has 1 N–H and O–H groups in total. The number of methoxy groups -OCH3 is 2. The summed E-state index contributed by atoms with van der Waals surface area (Å²) in [7, 11) is 3.50. The van der Waals surface area contributed by atoms with Crippen LogP contribution in [-0.4, -0.2) is 95.5 Å². The topological polar surface area (TPSA) is 52.6 Å². The molecule has 0 amide bonds. The molecule has 0 unspecified atom stereocenters. The second-order valence-electron chi connectivity index (χ2n) is 8.15. The van der Waals surface area contributed by atoms with Crippen LogP contribution in [0.15, 0.2) is 29.3 Å². The van der Waals surface area contributed by atoms with E-state index in [1.54, 1.807) is 14.2 Å². The number of piperidine rings is 1.